The zero-order chi connectivity index (χ0) is 20.2. The van der Waals surface area contributed by atoms with E-state index < -0.39 is 5.72 Å². The maximum Gasteiger partial charge on any atom is 0.262 e. The molecule has 0 saturated carbocycles. The maximum absolute atomic E-state index is 13.3. The minimum absolute atomic E-state index is 0.0482. The first-order valence-corrected chi connectivity index (χ1v) is 9.29. The zero-order valence-electron chi connectivity index (χ0n) is 15.7. The Kier molecular flexibility index (Phi) is 3.72. The lowest BCUT2D eigenvalue weighted by Crippen LogP contribution is -2.45. The fourth-order valence-corrected chi connectivity index (χ4v) is 3.94. The number of amides is 2. The number of carbonyl (C=O) groups excluding carboxylic acids is 2. The predicted octanol–water partition coefficient (Wildman–Crippen LogP) is 3.18. The molecule has 3 aromatic rings. The summed E-state index contributed by atoms with van der Waals surface area (Å²) in [5.74, 6) is -0.0265. The summed E-state index contributed by atoms with van der Waals surface area (Å²) in [6.45, 7) is 1.91. The van der Waals surface area contributed by atoms with Crippen molar-refractivity contribution in [2.24, 2.45) is 0 Å². The van der Waals surface area contributed by atoms with Crippen molar-refractivity contribution in [1.82, 2.24) is 0 Å². The summed E-state index contributed by atoms with van der Waals surface area (Å²) in [6.07, 6.45) is 0. The zero-order valence-corrected chi connectivity index (χ0v) is 15.7. The molecule has 144 valence electrons. The molecular formula is C23H18N2O4. The first kappa shape index (κ1) is 17.5. The van der Waals surface area contributed by atoms with Gasteiger partial charge in [0.05, 0.1) is 5.69 Å². The molecule has 2 N–H and O–H groups in total. The maximum atomic E-state index is 13.3. The molecule has 2 amide bonds. The number of nitrogens with one attached hydrogen (secondary N) is 1. The summed E-state index contributed by atoms with van der Waals surface area (Å²) in [5.41, 5.74) is 1.77. The molecule has 0 radical (unpaired) electrons. The molecule has 2 aliphatic rings. The molecule has 5 rings (SSSR count). The summed E-state index contributed by atoms with van der Waals surface area (Å²) >= 11 is 0. The van der Waals surface area contributed by atoms with Gasteiger partial charge in [0.1, 0.15) is 5.75 Å². The molecular weight excluding hydrogens is 368 g/mol. The standard InChI is InChI=1S/C23H18N2O4/c1-14-6-9-16(10-7-14)25-22(27)17-4-2-3-5-18(17)23(25,28)15-8-11-20-19(12-15)24-21(26)13-29-20/h2-12,28H,13H2,1H3,(H,24,26). The van der Waals surface area contributed by atoms with Gasteiger partial charge in [-0.15, -0.1) is 0 Å². The number of ether oxygens (including phenoxy) is 1. The van der Waals surface area contributed by atoms with E-state index in [4.69, 9.17) is 4.74 Å². The number of hydrogen-bond donors (Lipinski definition) is 2. The fraction of sp³-hybridized carbons (Fsp3) is 0.130. The lowest BCUT2D eigenvalue weighted by Gasteiger charge is -2.35. The third-order valence-corrected chi connectivity index (χ3v) is 5.37. The Hall–Kier alpha value is -3.64. The Balaban J connectivity index is 1.72. The van der Waals surface area contributed by atoms with E-state index in [1.165, 1.54) is 4.90 Å². The van der Waals surface area contributed by atoms with Crippen molar-refractivity contribution in [3.8, 4) is 5.75 Å². The van der Waals surface area contributed by atoms with Crippen LogP contribution in [0.15, 0.2) is 66.7 Å². The van der Waals surface area contributed by atoms with Crippen molar-refractivity contribution in [1.29, 1.82) is 0 Å². The van der Waals surface area contributed by atoms with Crippen LogP contribution < -0.4 is 15.0 Å². The van der Waals surface area contributed by atoms with Crippen molar-refractivity contribution in [3.63, 3.8) is 0 Å². The number of rotatable bonds is 2. The van der Waals surface area contributed by atoms with E-state index in [0.29, 0.717) is 33.8 Å². The molecule has 1 atom stereocenters. The molecule has 29 heavy (non-hydrogen) atoms. The number of aliphatic hydroxyl groups is 1. The number of anilines is 2. The van der Waals surface area contributed by atoms with Crippen LogP contribution in [0.4, 0.5) is 11.4 Å². The van der Waals surface area contributed by atoms with Crippen LogP contribution in [0.5, 0.6) is 5.75 Å². The SMILES string of the molecule is Cc1ccc(N2C(=O)c3ccccc3C2(O)c2ccc3c(c2)NC(=O)CO3)cc1. The second kappa shape index (κ2) is 6.18. The Labute approximate surface area is 167 Å². The second-order valence-electron chi connectivity index (χ2n) is 7.24. The fourth-order valence-electron chi connectivity index (χ4n) is 3.94. The molecule has 0 saturated heterocycles. The van der Waals surface area contributed by atoms with Crippen molar-refractivity contribution in [3.05, 3.63) is 89.0 Å². The Morgan fingerprint density at radius 3 is 2.59 bits per heavy atom. The van der Waals surface area contributed by atoms with E-state index in [1.54, 1.807) is 42.5 Å². The van der Waals surface area contributed by atoms with Crippen molar-refractivity contribution in [2.75, 3.05) is 16.8 Å². The largest absolute Gasteiger partial charge is 0.482 e. The molecule has 0 bridgehead atoms. The van der Waals surface area contributed by atoms with E-state index in [-0.39, 0.29) is 18.4 Å². The molecule has 0 fully saturated rings. The second-order valence-corrected chi connectivity index (χ2v) is 7.24. The van der Waals surface area contributed by atoms with Crippen molar-refractivity contribution >= 4 is 23.2 Å². The molecule has 3 aromatic carbocycles. The first-order chi connectivity index (χ1) is 14.0. The number of nitrogens with zero attached hydrogens (tertiary/aromatic N) is 1. The van der Waals surface area contributed by atoms with Gasteiger partial charge in [0.25, 0.3) is 11.8 Å². The van der Waals surface area contributed by atoms with Crippen LogP contribution in [0.3, 0.4) is 0 Å². The van der Waals surface area contributed by atoms with Crippen molar-refractivity contribution < 1.29 is 19.4 Å². The molecule has 6 nitrogen and oxygen atoms in total. The van der Waals surface area contributed by atoms with Crippen LogP contribution in [0.1, 0.15) is 27.0 Å². The quantitative estimate of drug-likeness (QED) is 0.709. The monoisotopic (exact) mass is 386 g/mol. The van der Waals surface area contributed by atoms with Crippen LogP contribution in [-0.4, -0.2) is 23.5 Å². The number of aryl methyl sites for hydroxylation is 1. The van der Waals surface area contributed by atoms with Gasteiger partial charge in [0.15, 0.2) is 12.3 Å². The van der Waals surface area contributed by atoms with Crippen LogP contribution in [-0.2, 0) is 10.5 Å². The number of benzene rings is 3. The average molecular weight is 386 g/mol. The highest BCUT2D eigenvalue weighted by Crippen LogP contribution is 2.46. The number of hydrogen-bond acceptors (Lipinski definition) is 4. The van der Waals surface area contributed by atoms with E-state index in [1.807, 2.05) is 31.2 Å². The van der Waals surface area contributed by atoms with Gasteiger partial charge in [-0.05, 0) is 43.3 Å². The summed E-state index contributed by atoms with van der Waals surface area (Å²) in [6, 6.07) is 19.5. The van der Waals surface area contributed by atoms with Crippen LogP contribution in [0.25, 0.3) is 0 Å². The van der Waals surface area contributed by atoms with Gasteiger partial charge in [-0.2, -0.15) is 0 Å². The van der Waals surface area contributed by atoms with Gasteiger partial charge < -0.3 is 15.2 Å². The third-order valence-electron chi connectivity index (χ3n) is 5.37. The first-order valence-electron chi connectivity index (χ1n) is 9.29. The predicted molar refractivity (Wildman–Crippen MR) is 108 cm³/mol. The average Bonchev–Trinajstić information content (AvgIpc) is 2.97. The highest BCUT2D eigenvalue weighted by Gasteiger charge is 2.50. The summed E-state index contributed by atoms with van der Waals surface area (Å²) in [7, 11) is 0. The van der Waals surface area contributed by atoms with E-state index >= 15 is 0 Å². The van der Waals surface area contributed by atoms with Gasteiger partial charge in [-0.3, -0.25) is 14.5 Å². The Morgan fingerprint density at radius 1 is 1.03 bits per heavy atom. The number of carbonyl (C=O) groups is 2. The smallest absolute Gasteiger partial charge is 0.262 e. The highest BCUT2D eigenvalue weighted by molar-refractivity contribution is 6.12. The van der Waals surface area contributed by atoms with Gasteiger partial charge in [0, 0.05) is 22.4 Å². The van der Waals surface area contributed by atoms with E-state index in [0.717, 1.165) is 5.56 Å². The minimum Gasteiger partial charge on any atom is -0.482 e. The Morgan fingerprint density at radius 2 is 1.79 bits per heavy atom. The molecule has 6 heteroatoms. The van der Waals surface area contributed by atoms with Crippen LogP contribution in [0, 0.1) is 6.92 Å². The molecule has 0 aliphatic carbocycles. The lowest BCUT2D eigenvalue weighted by molar-refractivity contribution is -0.118. The highest BCUT2D eigenvalue weighted by atomic mass is 16.5. The van der Waals surface area contributed by atoms with E-state index in [2.05, 4.69) is 5.32 Å². The summed E-state index contributed by atoms with van der Waals surface area (Å²) in [5, 5.41) is 14.7. The molecule has 2 heterocycles. The third kappa shape index (κ3) is 2.53. The lowest BCUT2D eigenvalue weighted by atomic mass is 9.92. The van der Waals surface area contributed by atoms with Gasteiger partial charge in [0.2, 0.25) is 0 Å². The Bertz CT molecular complexity index is 1160. The molecule has 1 unspecified atom stereocenters. The topological polar surface area (TPSA) is 78.9 Å². The van der Waals surface area contributed by atoms with Gasteiger partial charge >= 0.3 is 0 Å². The van der Waals surface area contributed by atoms with Crippen LogP contribution in [0.2, 0.25) is 0 Å². The molecule has 0 spiro atoms. The van der Waals surface area contributed by atoms with Gasteiger partial charge in [-0.25, -0.2) is 0 Å². The summed E-state index contributed by atoms with van der Waals surface area (Å²) in [4.78, 5) is 26.4. The molecule has 0 aromatic heterocycles. The normalized spacial score (nSPS) is 20.0. The van der Waals surface area contributed by atoms with Gasteiger partial charge in [-0.1, -0.05) is 35.9 Å². The van der Waals surface area contributed by atoms with Crippen molar-refractivity contribution in [2.45, 2.75) is 12.6 Å². The van der Waals surface area contributed by atoms with E-state index in [9.17, 15) is 14.7 Å². The summed E-state index contributed by atoms with van der Waals surface area (Å²) < 4.78 is 5.43. The number of fused-ring (bicyclic) bond motifs is 2. The molecule has 2 aliphatic heterocycles. The minimum atomic E-state index is -1.72. The van der Waals surface area contributed by atoms with Crippen LogP contribution >= 0.6 is 0 Å².